The lowest BCUT2D eigenvalue weighted by Crippen LogP contribution is -2.00. The molecule has 0 saturated carbocycles. The Bertz CT molecular complexity index is 318. The molecule has 0 bridgehead atoms. The van der Waals surface area contributed by atoms with Gasteiger partial charge in [-0.2, -0.15) is 5.21 Å². The highest BCUT2D eigenvalue weighted by Crippen LogP contribution is 2.08. The minimum atomic E-state index is 0.558. The van der Waals surface area contributed by atoms with Gasteiger partial charge in [-0.3, -0.25) is 0 Å². The maximum absolute atomic E-state index is 4.99. The summed E-state index contributed by atoms with van der Waals surface area (Å²) in [7, 11) is 0. The van der Waals surface area contributed by atoms with Crippen LogP contribution in [0.25, 0.3) is 0 Å². The van der Waals surface area contributed by atoms with Crippen molar-refractivity contribution in [1.82, 2.24) is 20.2 Å². The van der Waals surface area contributed by atoms with Crippen LogP contribution in [0.15, 0.2) is 0 Å². The van der Waals surface area contributed by atoms with E-state index in [-0.39, 0.29) is 0 Å². The largest absolute Gasteiger partial charge is 0.242 e. The number of rotatable bonds is 9. The van der Waals surface area contributed by atoms with Crippen LogP contribution in [0.3, 0.4) is 0 Å². The summed E-state index contributed by atoms with van der Waals surface area (Å²) in [5.74, 6) is 0. The Morgan fingerprint density at radius 1 is 1.06 bits per heavy atom. The maximum atomic E-state index is 4.99. The van der Waals surface area contributed by atoms with Crippen molar-refractivity contribution in [3.8, 4) is 0 Å². The maximum Gasteiger partial charge on any atom is 0.238 e. The molecular weight excluding hydrogens is 220 g/mol. The molecule has 0 radical (unpaired) electrons. The van der Waals surface area contributed by atoms with Gasteiger partial charge in [-0.15, -0.1) is 0 Å². The molecule has 4 nitrogen and oxygen atoms in total. The average molecular weight is 242 g/mol. The zero-order valence-corrected chi connectivity index (χ0v) is 10.9. The summed E-state index contributed by atoms with van der Waals surface area (Å²) in [5.41, 5.74) is 0. The van der Waals surface area contributed by atoms with Crippen LogP contribution in [-0.2, 0) is 6.54 Å². The topological polar surface area (TPSA) is 46.5 Å². The van der Waals surface area contributed by atoms with Crippen LogP contribution in [0, 0.1) is 4.77 Å². The van der Waals surface area contributed by atoms with E-state index in [1.54, 1.807) is 0 Å². The van der Waals surface area contributed by atoms with Gasteiger partial charge in [0.05, 0.1) is 0 Å². The van der Waals surface area contributed by atoms with Crippen LogP contribution in [0.2, 0.25) is 0 Å². The Morgan fingerprint density at radius 2 is 1.69 bits per heavy atom. The normalized spacial score (nSPS) is 10.8. The van der Waals surface area contributed by atoms with Gasteiger partial charge in [0.1, 0.15) is 0 Å². The van der Waals surface area contributed by atoms with Crippen molar-refractivity contribution in [1.29, 1.82) is 0 Å². The third kappa shape index (κ3) is 5.39. The van der Waals surface area contributed by atoms with Crippen molar-refractivity contribution in [2.75, 3.05) is 0 Å². The van der Waals surface area contributed by atoms with E-state index in [1.807, 2.05) is 4.68 Å². The smallest absolute Gasteiger partial charge is 0.238 e. The van der Waals surface area contributed by atoms with E-state index in [9.17, 15) is 0 Å². The van der Waals surface area contributed by atoms with Crippen LogP contribution in [0.1, 0.15) is 58.3 Å². The molecule has 1 heterocycles. The molecule has 92 valence electrons. The molecular formula is C11H22N4S. The first-order valence-corrected chi connectivity index (χ1v) is 6.73. The molecule has 1 rings (SSSR count). The number of unbranched alkanes of at least 4 members (excludes halogenated alkanes) is 7. The molecule has 0 unspecified atom stereocenters. The predicted molar refractivity (Wildman–Crippen MR) is 67.8 cm³/mol. The molecule has 0 aromatic carbocycles. The van der Waals surface area contributed by atoms with Crippen LogP contribution < -0.4 is 0 Å². The van der Waals surface area contributed by atoms with Crippen molar-refractivity contribution in [3.63, 3.8) is 0 Å². The zero-order chi connectivity index (χ0) is 11.6. The fourth-order valence-corrected chi connectivity index (χ4v) is 1.94. The van der Waals surface area contributed by atoms with E-state index in [2.05, 4.69) is 22.4 Å². The molecule has 0 fully saturated rings. The second-order valence-electron chi connectivity index (χ2n) is 4.21. The van der Waals surface area contributed by atoms with Crippen molar-refractivity contribution in [2.45, 2.75) is 64.8 Å². The number of H-pyrrole nitrogens is 1. The Balaban J connectivity index is 1.93. The minimum absolute atomic E-state index is 0.558. The Labute approximate surface area is 102 Å². The fraction of sp³-hybridized carbons (Fsp3) is 0.909. The van der Waals surface area contributed by atoms with Gasteiger partial charge in [0.15, 0.2) is 0 Å². The van der Waals surface area contributed by atoms with Gasteiger partial charge in [-0.1, -0.05) is 62.2 Å². The number of aromatic amines is 1. The van der Waals surface area contributed by atoms with Gasteiger partial charge < -0.3 is 0 Å². The summed E-state index contributed by atoms with van der Waals surface area (Å²) < 4.78 is 2.38. The zero-order valence-electron chi connectivity index (χ0n) is 10.1. The highest BCUT2D eigenvalue weighted by atomic mass is 32.1. The molecule has 0 aliphatic carbocycles. The van der Waals surface area contributed by atoms with Gasteiger partial charge >= 0.3 is 0 Å². The van der Waals surface area contributed by atoms with E-state index in [0.717, 1.165) is 13.0 Å². The standard InChI is InChI=1S/C11H22N4S/c1-2-3-4-5-6-7-8-9-10-15-11(16)12-13-14-15/h2-10H2,1H3,(H,12,14,16). The van der Waals surface area contributed by atoms with Crippen molar-refractivity contribution in [3.05, 3.63) is 4.77 Å². The van der Waals surface area contributed by atoms with Gasteiger partial charge in [0, 0.05) is 6.54 Å². The molecule has 0 atom stereocenters. The Hall–Kier alpha value is -0.710. The number of tetrazole rings is 1. The van der Waals surface area contributed by atoms with E-state index >= 15 is 0 Å². The Kier molecular flexibility index (Phi) is 7.05. The molecule has 1 N–H and O–H groups in total. The van der Waals surface area contributed by atoms with E-state index < -0.39 is 0 Å². The number of aryl methyl sites for hydroxylation is 1. The highest BCUT2D eigenvalue weighted by molar-refractivity contribution is 7.71. The molecule has 1 aromatic heterocycles. The number of aromatic nitrogens is 4. The monoisotopic (exact) mass is 242 g/mol. The highest BCUT2D eigenvalue weighted by Gasteiger charge is 1.95. The summed E-state index contributed by atoms with van der Waals surface area (Å²) in [6.07, 6.45) is 10.6. The molecule has 5 heteroatoms. The van der Waals surface area contributed by atoms with Crippen LogP contribution >= 0.6 is 12.2 Å². The third-order valence-corrected chi connectivity index (χ3v) is 3.07. The number of hydrogen-bond acceptors (Lipinski definition) is 3. The quantitative estimate of drug-likeness (QED) is 0.532. The first kappa shape index (κ1) is 13.4. The van der Waals surface area contributed by atoms with E-state index in [0.29, 0.717) is 4.77 Å². The Morgan fingerprint density at radius 3 is 2.25 bits per heavy atom. The van der Waals surface area contributed by atoms with Crippen molar-refractivity contribution >= 4 is 12.2 Å². The molecule has 0 aliphatic heterocycles. The van der Waals surface area contributed by atoms with Gasteiger partial charge in [-0.25, -0.2) is 4.68 Å². The first-order chi connectivity index (χ1) is 7.84. The minimum Gasteiger partial charge on any atom is -0.242 e. The summed E-state index contributed by atoms with van der Waals surface area (Å²) in [6.45, 7) is 3.17. The lowest BCUT2D eigenvalue weighted by molar-refractivity contribution is 0.508. The van der Waals surface area contributed by atoms with Crippen LogP contribution in [0.5, 0.6) is 0 Å². The molecule has 0 spiro atoms. The predicted octanol–water partition coefficient (Wildman–Crippen LogP) is 3.48. The summed E-state index contributed by atoms with van der Waals surface area (Å²) in [4.78, 5) is 0. The summed E-state index contributed by atoms with van der Waals surface area (Å²) in [6, 6.07) is 0. The van der Waals surface area contributed by atoms with E-state index in [1.165, 1.54) is 44.9 Å². The second-order valence-corrected chi connectivity index (χ2v) is 4.57. The number of nitrogens with one attached hydrogen (secondary N) is 1. The lowest BCUT2D eigenvalue weighted by atomic mass is 10.1. The number of nitrogens with zero attached hydrogens (tertiary/aromatic N) is 3. The summed E-state index contributed by atoms with van der Waals surface area (Å²) in [5, 5.41) is 10.2. The molecule has 0 amide bonds. The van der Waals surface area contributed by atoms with Crippen LogP contribution in [-0.4, -0.2) is 20.2 Å². The van der Waals surface area contributed by atoms with Crippen molar-refractivity contribution < 1.29 is 0 Å². The summed E-state index contributed by atoms with van der Waals surface area (Å²) >= 11 is 4.99. The molecule has 1 aromatic rings. The van der Waals surface area contributed by atoms with Gasteiger partial charge in [0.2, 0.25) is 4.77 Å². The second kappa shape index (κ2) is 8.44. The third-order valence-electron chi connectivity index (χ3n) is 2.77. The average Bonchev–Trinajstić information content (AvgIpc) is 2.68. The molecule has 0 aliphatic rings. The SMILES string of the molecule is CCCCCCCCCCn1[nH]nnc1=S. The van der Waals surface area contributed by atoms with E-state index in [4.69, 9.17) is 12.2 Å². The molecule has 16 heavy (non-hydrogen) atoms. The van der Waals surface area contributed by atoms with Gasteiger partial charge in [-0.05, 0) is 18.6 Å². The van der Waals surface area contributed by atoms with Crippen LogP contribution in [0.4, 0.5) is 0 Å². The molecule has 0 saturated heterocycles. The fourth-order valence-electron chi connectivity index (χ4n) is 1.77. The van der Waals surface area contributed by atoms with Gasteiger partial charge in [0.25, 0.3) is 0 Å². The number of hydrogen-bond donors (Lipinski definition) is 1. The van der Waals surface area contributed by atoms with Crippen molar-refractivity contribution in [2.24, 2.45) is 0 Å². The first-order valence-electron chi connectivity index (χ1n) is 6.32. The lowest BCUT2D eigenvalue weighted by Gasteiger charge is -2.02.